The van der Waals surface area contributed by atoms with Gasteiger partial charge in [-0.05, 0) is 24.3 Å². The zero-order valence-corrected chi connectivity index (χ0v) is 15.3. The summed E-state index contributed by atoms with van der Waals surface area (Å²) in [6.07, 6.45) is 0.334. The Morgan fingerprint density at radius 1 is 1.18 bits per heavy atom. The van der Waals surface area contributed by atoms with Crippen LogP contribution in [0.25, 0.3) is 0 Å². The summed E-state index contributed by atoms with van der Waals surface area (Å²) in [7, 11) is -3.91. The number of nitrogens with zero attached hydrogens (tertiary/aromatic N) is 1. The Kier molecular flexibility index (Phi) is 5.82. The quantitative estimate of drug-likeness (QED) is 0.568. The van der Waals surface area contributed by atoms with Gasteiger partial charge in [-0.25, -0.2) is 13.4 Å². The minimum atomic E-state index is -3.91. The van der Waals surface area contributed by atoms with Crippen molar-refractivity contribution in [1.29, 1.82) is 0 Å². The molecule has 1 aromatic heterocycles. The van der Waals surface area contributed by atoms with Gasteiger partial charge in [0.1, 0.15) is 6.17 Å². The third-order valence-corrected chi connectivity index (χ3v) is 5.47. The van der Waals surface area contributed by atoms with Crippen molar-refractivity contribution >= 4 is 72.9 Å². The smallest absolute Gasteiger partial charge is 0.242 e. The standard InChI is InChI=1S/C11H9Cl4N3O2S2/c12-7-1-3-8(4-2-7)22(19,20)18-9(11(13,14)15)17-10-16-5-6-21-10/h1-6,9,18H,(H,16,17). The summed E-state index contributed by atoms with van der Waals surface area (Å²) >= 11 is 24.5. The number of benzene rings is 1. The molecule has 1 aromatic carbocycles. The largest absolute Gasteiger partial charge is 0.341 e. The molecular formula is C11H9Cl4N3O2S2. The summed E-state index contributed by atoms with van der Waals surface area (Å²) in [5.41, 5.74) is 0. The van der Waals surface area contributed by atoms with Crippen LogP contribution in [0.4, 0.5) is 5.13 Å². The van der Waals surface area contributed by atoms with Crippen LogP contribution in [-0.2, 0) is 10.0 Å². The molecule has 1 heterocycles. The molecule has 0 aliphatic heterocycles. The SMILES string of the molecule is O=S(=O)(NC(Nc1nccs1)C(Cl)(Cl)Cl)c1ccc(Cl)cc1. The lowest BCUT2D eigenvalue weighted by atomic mass is 10.4. The zero-order valence-electron chi connectivity index (χ0n) is 10.6. The van der Waals surface area contributed by atoms with Crippen molar-refractivity contribution in [3.05, 3.63) is 40.9 Å². The van der Waals surface area contributed by atoms with E-state index in [2.05, 4.69) is 15.0 Å². The molecule has 2 aromatic rings. The predicted octanol–water partition coefficient (Wildman–Crippen LogP) is 3.88. The lowest BCUT2D eigenvalue weighted by Crippen LogP contribution is -2.48. The Morgan fingerprint density at radius 2 is 1.82 bits per heavy atom. The van der Waals surface area contributed by atoms with E-state index in [9.17, 15) is 8.42 Å². The van der Waals surface area contributed by atoms with Gasteiger partial charge >= 0.3 is 0 Å². The molecule has 120 valence electrons. The molecule has 0 saturated heterocycles. The molecule has 0 fully saturated rings. The molecule has 2 rings (SSSR count). The first kappa shape index (κ1) is 18.1. The van der Waals surface area contributed by atoms with Crippen molar-refractivity contribution in [2.45, 2.75) is 14.9 Å². The topological polar surface area (TPSA) is 71.1 Å². The maximum atomic E-state index is 12.3. The van der Waals surface area contributed by atoms with Crippen LogP contribution >= 0.6 is 57.7 Å². The number of anilines is 1. The number of hydrogen-bond acceptors (Lipinski definition) is 5. The minimum absolute atomic E-state index is 0.00270. The number of aromatic nitrogens is 1. The summed E-state index contributed by atoms with van der Waals surface area (Å²) in [6, 6.07) is 5.61. The highest BCUT2D eigenvalue weighted by atomic mass is 35.6. The van der Waals surface area contributed by atoms with E-state index in [0.29, 0.717) is 10.2 Å². The number of hydrogen-bond donors (Lipinski definition) is 2. The van der Waals surface area contributed by atoms with Gasteiger partial charge in [-0.2, -0.15) is 4.72 Å². The van der Waals surface area contributed by atoms with Crippen LogP contribution in [0.3, 0.4) is 0 Å². The van der Waals surface area contributed by atoms with Crippen LogP contribution < -0.4 is 10.0 Å². The zero-order chi connectivity index (χ0) is 16.4. The van der Waals surface area contributed by atoms with E-state index < -0.39 is 20.0 Å². The van der Waals surface area contributed by atoms with Crippen LogP contribution in [0.5, 0.6) is 0 Å². The second-order valence-corrected chi connectivity index (χ2v) is 9.45. The van der Waals surface area contributed by atoms with Crippen LogP contribution in [-0.4, -0.2) is 23.4 Å². The molecule has 11 heteroatoms. The van der Waals surface area contributed by atoms with Gasteiger partial charge in [-0.15, -0.1) is 11.3 Å². The predicted molar refractivity (Wildman–Crippen MR) is 91.6 cm³/mol. The molecule has 0 aliphatic carbocycles. The normalized spacial score (nSPS) is 13.8. The van der Waals surface area contributed by atoms with E-state index >= 15 is 0 Å². The molecule has 1 unspecified atom stereocenters. The fourth-order valence-electron chi connectivity index (χ4n) is 1.43. The van der Waals surface area contributed by atoms with Gasteiger partial charge in [-0.3, -0.25) is 0 Å². The second kappa shape index (κ2) is 7.09. The van der Waals surface area contributed by atoms with E-state index in [0.717, 1.165) is 0 Å². The lowest BCUT2D eigenvalue weighted by molar-refractivity contribution is 0.565. The van der Waals surface area contributed by atoms with Gasteiger partial charge in [0.05, 0.1) is 4.90 Å². The molecule has 2 N–H and O–H groups in total. The van der Waals surface area contributed by atoms with Gasteiger partial charge in [0.15, 0.2) is 5.13 Å². The molecule has 0 amide bonds. The maximum absolute atomic E-state index is 12.3. The van der Waals surface area contributed by atoms with E-state index in [4.69, 9.17) is 46.4 Å². The van der Waals surface area contributed by atoms with Crippen molar-refractivity contribution in [2.75, 3.05) is 5.32 Å². The van der Waals surface area contributed by atoms with Gasteiger partial charge in [0, 0.05) is 16.6 Å². The van der Waals surface area contributed by atoms with E-state index in [1.807, 2.05) is 0 Å². The average molecular weight is 421 g/mol. The number of nitrogens with one attached hydrogen (secondary N) is 2. The Morgan fingerprint density at radius 3 is 2.32 bits per heavy atom. The molecule has 0 radical (unpaired) electrons. The minimum Gasteiger partial charge on any atom is -0.341 e. The fourth-order valence-corrected chi connectivity index (χ4v) is 3.82. The maximum Gasteiger partial charge on any atom is 0.242 e. The number of alkyl halides is 3. The molecule has 22 heavy (non-hydrogen) atoms. The molecule has 0 bridgehead atoms. The Bertz CT molecular complexity index is 715. The van der Waals surface area contributed by atoms with Crippen molar-refractivity contribution < 1.29 is 8.42 Å². The van der Waals surface area contributed by atoms with Crippen LogP contribution in [0, 0.1) is 0 Å². The Balaban J connectivity index is 2.24. The molecule has 0 saturated carbocycles. The summed E-state index contributed by atoms with van der Waals surface area (Å²) in [4.78, 5) is 3.96. The van der Waals surface area contributed by atoms with Gasteiger partial charge in [0.2, 0.25) is 13.8 Å². The summed E-state index contributed by atoms with van der Waals surface area (Å²) in [6.45, 7) is 0. The van der Waals surface area contributed by atoms with E-state index in [1.165, 1.54) is 41.8 Å². The first-order chi connectivity index (χ1) is 10.2. The van der Waals surface area contributed by atoms with Crippen LogP contribution in [0.1, 0.15) is 0 Å². The van der Waals surface area contributed by atoms with Crippen molar-refractivity contribution in [2.24, 2.45) is 0 Å². The van der Waals surface area contributed by atoms with Gasteiger partial charge in [-0.1, -0.05) is 46.4 Å². The number of sulfonamides is 1. The fraction of sp³-hybridized carbons (Fsp3) is 0.182. The summed E-state index contributed by atoms with van der Waals surface area (Å²) < 4.78 is 25.1. The van der Waals surface area contributed by atoms with E-state index in [-0.39, 0.29) is 4.90 Å². The highest BCUT2D eigenvalue weighted by molar-refractivity contribution is 7.89. The number of halogens is 4. The summed E-state index contributed by atoms with van der Waals surface area (Å²) in [5.74, 6) is 0. The van der Waals surface area contributed by atoms with Gasteiger partial charge < -0.3 is 5.32 Å². The molecule has 0 spiro atoms. The first-order valence-corrected chi connectivity index (χ1v) is 9.56. The second-order valence-electron chi connectivity index (χ2n) is 4.03. The number of rotatable bonds is 5. The van der Waals surface area contributed by atoms with Gasteiger partial charge in [0.25, 0.3) is 0 Å². The third-order valence-electron chi connectivity index (χ3n) is 2.42. The first-order valence-electron chi connectivity index (χ1n) is 5.69. The lowest BCUT2D eigenvalue weighted by Gasteiger charge is -2.26. The average Bonchev–Trinajstić information content (AvgIpc) is 2.90. The number of thiazole rings is 1. The highest BCUT2D eigenvalue weighted by Gasteiger charge is 2.36. The molecule has 0 aliphatic rings. The molecule has 5 nitrogen and oxygen atoms in total. The van der Waals surface area contributed by atoms with Crippen molar-refractivity contribution in [3.8, 4) is 0 Å². The highest BCUT2D eigenvalue weighted by Crippen LogP contribution is 2.32. The Hall–Kier alpha value is -0.280. The summed E-state index contributed by atoms with van der Waals surface area (Å²) in [5, 5.41) is 5.26. The van der Waals surface area contributed by atoms with Crippen molar-refractivity contribution in [3.63, 3.8) is 0 Å². The Labute approximate surface area is 151 Å². The third kappa shape index (κ3) is 4.86. The van der Waals surface area contributed by atoms with Crippen molar-refractivity contribution in [1.82, 2.24) is 9.71 Å². The monoisotopic (exact) mass is 419 g/mol. The molecule has 1 atom stereocenters. The molecular weight excluding hydrogens is 412 g/mol. The van der Waals surface area contributed by atoms with E-state index in [1.54, 1.807) is 5.38 Å². The van der Waals surface area contributed by atoms with Crippen LogP contribution in [0.2, 0.25) is 5.02 Å². The van der Waals surface area contributed by atoms with Crippen LogP contribution in [0.15, 0.2) is 40.7 Å².